The van der Waals surface area contributed by atoms with E-state index >= 15 is 0 Å². The van der Waals surface area contributed by atoms with Gasteiger partial charge < -0.3 is 21.5 Å². The van der Waals surface area contributed by atoms with Crippen molar-refractivity contribution in [1.29, 1.82) is 5.41 Å². The molecule has 8 heteroatoms. The second-order valence-corrected chi connectivity index (χ2v) is 5.82. The van der Waals surface area contributed by atoms with E-state index in [2.05, 4.69) is 10.6 Å². The smallest absolute Gasteiger partial charge is 0.305 e. The molecule has 0 atom stereocenters. The molecule has 2 aromatic carbocycles. The van der Waals surface area contributed by atoms with E-state index in [9.17, 15) is 14.4 Å². The average Bonchev–Trinajstić information content (AvgIpc) is 2.62. The zero-order chi connectivity index (χ0) is 19.8. The quantitative estimate of drug-likeness (QED) is 0.353. The number of amides is 2. The van der Waals surface area contributed by atoms with Crippen LogP contribution in [-0.2, 0) is 16.0 Å². The van der Waals surface area contributed by atoms with Gasteiger partial charge in [0.05, 0.1) is 12.8 Å². The summed E-state index contributed by atoms with van der Waals surface area (Å²) in [7, 11) is 0. The van der Waals surface area contributed by atoms with Crippen LogP contribution in [0.1, 0.15) is 27.9 Å². The van der Waals surface area contributed by atoms with Crippen molar-refractivity contribution >= 4 is 29.3 Å². The number of rotatable bonds is 8. The highest BCUT2D eigenvalue weighted by molar-refractivity contribution is 5.98. The lowest BCUT2D eigenvalue weighted by molar-refractivity contribution is -0.136. The Hall–Kier alpha value is -3.68. The molecule has 2 amide bonds. The molecule has 8 nitrogen and oxygen atoms in total. The van der Waals surface area contributed by atoms with Gasteiger partial charge in [0.25, 0.3) is 5.91 Å². The molecular weight excluding hydrogens is 348 g/mol. The van der Waals surface area contributed by atoms with E-state index in [1.54, 1.807) is 42.5 Å². The summed E-state index contributed by atoms with van der Waals surface area (Å²) in [5.41, 5.74) is 7.53. The molecule has 0 fully saturated rings. The molecule has 140 valence electrons. The number of hydrogen-bond acceptors (Lipinski definition) is 4. The van der Waals surface area contributed by atoms with E-state index in [0.717, 1.165) is 5.56 Å². The normalized spacial score (nSPS) is 10.1. The predicted octanol–water partition coefficient (Wildman–Crippen LogP) is 1.36. The zero-order valence-corrected chi connectivity index (χ0v) is 14.5. The first-order valence-electron chi connectivity index (χ1n) is 8.18. The molecular formula is C19H20N4O4. The van der Waals surface area contributed by atoms with E-state index in [0.29, 0.717) is 16.8 Å². The van der Waals surface area contributed by atoms with Gasteiger partial charge in [0.2, 0.25) is 5.91 Å². The third kappa shape index (κ3) is 6.28. The second-order valence-electron chi connectivity index (χ2n) is 5.82. The molecule has 0 spiro atoms. The molecule has 27 heavy (non-hydrogen) atoms. The fourth-order valence-corrected chi connectivity index (χ4v) is 2.32. The first-order valence-corrected chi connectivity index (χ1v) is 8.18. The Morgan fingerprint density at radius 3 is 2.37 bits per heavy atom. The molecule has 0 heterocycles. The van der Waals surface area contributed by atoms with Crippen LogP contribution in [0.5, 0.6) is 0 Å². The summed E-state index contributed by atoms with van der Waals surface area (Å²) in [6.45, 7) is 0.0288. The molecule has 0 aliphatic heterocycles. The van der Waals surface area contributed by atoms with Gasteiger partial charge in [0.15, 0.2) is 0 Å². The second kappa shape index (κ2) is 9.14. The van der Waals surface area contributed by atoms with Gasteiger partial charge in [-0.25, -0.2) is 0 Å². The molecule has 0 aliphatic carbocycles. The van der Waals surface area contributed by atoms with Gasteiger partial charge in [0, 0.05) is 23.4 Å². The Morgan fingerprint density at radius 2 is 1.74 bits per heavy atom. The largest absolute Gasteiger partial charge is 0.481 e. The van der Waals surface area contributed by atoms with Crippen molar-refractivity contribution in [2.24, 2.45) is 5.73 Å². The van der Waals surface area contributed by atoms with Crippen LogP contribution in [0.3, 0.4) is 0 Å². The summed E-state index contributed by atoms with van der Waals surface area (Å²) in [5, 5.41) is 21.2. The van der Waals surface area contributed by atoms with Crippen molar-refractivity contribution in [2.75, 3.05) is 11.9 Å². The van der Waals surface area contributed by atoms with Crippen molar-refractivity contribution in [2.45, 2.75) is 12.8 Å². The highest BCUT2D eigenvalue weighted by Gasteiger charge is 2.09. The number of nitrogens with two attached hydrogens (primary N) is 1. The first kappa shape index (κ1) is 19.6. The topological polar surface area (TPSA) is 145 Å². The molecule has 0 aromatic heterocycles. The van der Waals surface area contributed by atoms with Gasteiger partial charge in [-0.1, -0.05) is 30.3 Å². The number of carbonyl (C=O) groups is 3. The Kier molecular flexibility index (Phi) is 6.65. The number of benzene rings is 2. The maximum absolute atomic E-state index is 12.2. The predicted molar refractivity (Wildman–Crippen MR) is 101 cm³/mol. The summed E-state index contributed by atoms with van der Waals surface area (Å²) in [4.78, 5) is 34.7. The Balaban J connectivity index is 1.94. The molecule has 6 N–H and O–H groups in total. The highest BCUT2D eigenvalue weighted by atomic mass is 16.4. The van der Waals surface area contributed by atoms with E-state index < -0.39 is 11.9 Å². The van der Waals surface area contributed by atoms with Crippen molar-refractivity contribution in [1.82, 2.24) is 5.32 Å². The highest BCUT2D eigenvalue weighted by Crippen LogP contribution is 2.12. The maximum Gasteiger partial charge on any atom is 0.305 e. The molecule has 0 unspecified atom stereocenters. The lowest BCUT2D eigenvalue weighted by atomic mass is 10.1. The van der Waals surface area contributed by atoms with Crippen LogP contribution in [0.2, 0.25) is 0 Å². The van der Waals surface area contributed by atoms with Gasteiger partial charge in [0.1, 0.15) is 5.84 Å². The van der Waals surface area contributed by atoms with Crippen LogP contribution in [0.15, 0.2) is 48.5 Å². The summed E-state index contributed by atoms with van der Waals surface area (Å²) < 4.78 is 0. The molecule has 0 aliphatic rings. The van der Waals surface area contributed by atoms with E-state index in [1.807, 2.05) is 0 Å². The lowest BCUT2D eigenvalue weighted by Gasteiger charge is -2.08. The lowest BCUT2D eigenvalue weighted by Crippen LogP contribution is -2.26. The summed E-state index contributed by atoms with van der Waals surface area (Å²) >= 11 is 0. The van der Waals surface area contributed by atoms with Crippen molar-refractivity contribution in [3.8, 4) is 0 Å². The van der Waals surface area contributed by atoms with Gasteiger partial charge in [-0.15, -0.1) is 0 Å². The van der Waals surface area contributed by atoms with Crippen LogP contribution >= 0.6 is 0 Å². The fraction of sp³-hybridized carbons (Fsp3) is 0.158. The SMILES string of the molecule is N=C(N)c1ccc(CC(=O)Nc2cccc(C(=O)NCCC(=O)O)c2)cc1. The van der Waals surface area contributed by atoms with Crippen LogP contribution in [0.25, 0.3) is 0 Å². The number of amidine groups is 1. The third-order valence-electron chi connectivity index (χ3n) is 3.66. The first-order chi connectivity index (χ1) is 12.8. The van der Waals surface area contributed by atoms with Gasteiger partial charge >= 0.3 is 5.97 Å². The molecule has 0 bridgehead atoms. The average molecular weight is 368 g/mol. The number of hydrogen-bond donors (Lipinski definition) is 5. The van der Waals surface area contributed by atoms with Crippen LogP contribution in [-0.4, -0.2) is 35.3 Å². The van der Waals surface area contributed by atoms with Gasteiger partial charge in [-0.3, -0.25) is 19.8 Å². The van der Waals surface area contributed by atoms with Gasteiger partial charge in [-0.2, -0.15) is 0 Å². The molecule has 2 rings (SSSR count). The minimum absolute atomic E-state index is 0.0288. The number of anilines is 1. The number of nitrogens with one attached hydrogen (secondary N) is 3. The number of nitrogen functional groups attached to an aromatic ring is 1. The molecule has 0 radical (unpaired) electrons. The molecule has 0 saturated carbocycles. The molecule has 0 saturated heterocycles. The van der Waals surface area contributed by atoms with Crippen LogP contribution in [0, 0.1) is 5.41 Å². The van der Waals surface area contributed by atoms with Crippen molar-refractivity contribution < 1.29 is 19.5 Å². The minimum Gasteiger partial charge on any atom is -0.481 e. The number of aliphatic carboxylic acids is 1. The van der Waals surface area contributed by atoms with Gasteiger partial charge in [-0.05, 0) is 23.8 Å². The minimum atomic E-state index is -0.993. The third-order valence-corrected chi connectivity index (χ3v) is 3.66. The number of carboxylic acid groups (broad SMARTS) is 1. The van der Waals surface area contributed by atoms with E-state index in [1.165, 1.54) is 6.07 Å². The van der Waals surface area contributed by atoms with E-state index in [-0.39, 0.29) is 31.1 Å². The Bertz CT molecular complexity index is 862. The standard InChI is InChI=1S/C19H20N4O4/c20-18(21)13-6-4-12(5-7-13)10-16(24)23-15-3-1-2-14(11-15)19(27)22-9-8-17(25)26/h1-7,11H,8-10H2,(H3,20,21)(H,22,27)(H,23,24)(H,25,26). The summed E-state index contributed by atoms with van der Waals surface area (Å²) in [6.07, 6.45) is -0.0300. The van der Waals surface area contributed by atoms with Crippen LogP contribution in [0.4, 0.5) is 5.69 Å². The Labute approximate surface area is 155 Å². The van der Waals surface area contributed by atoms with Crippen LogP contribution < -0.4 is 16.4 Å². The van der Waals surface area contributed by atoms with Crippen molar-refractivity contribution in [3.05, 3.63) is 65.2 Å². The maximum atomic E-state index is 12.2. The Morgan fingerprint density at radius 1 is 1.04 bits per heavy atom. The summed E-state index contributed by atoms with van der Waals surface area (Å²) in [6, 6.07) is 13.2. The number of carboxylic acids is 1. The van der Waals surface area contributed by atoms with Crippen molar-refractivity contribution in [3.63, 3.8) is 0 Å². The monoisotopic (exact) mass is 368 g/mol. The van der Waals surface area contributed by atoms with E-state index in [4.69, 9.17) is 16.2 Å². The number of carbonyl (C=O) groups excluding carboxylic acids is 2. The zero-order valence-electron chi connectivity index (χ0n) is 14.5. The molecule has 2 aromatic rings. The fourth-order valence-electron chi connectivity index (χ4n) is 2.32. The summed E-state index contributed by atoms with van der Waals surface area (Å²) in [5.74, 6) is -1.70.